The van der Waals surface area contributed by atoms with Crippen molar-refractivity contribution in [3.05, 3.63) is 9.98 Å². The minimum absolute atomic E-state index is 0.308. The summed E-state index contributed by atoms with van der Waals surface area (Å²) in [6.45, 7) is 1.05. The van der Waals surface area contributed by atoms with Gasteiger partial charge < -0.3 is 4.74 Å². The fourth-order valence-electron chi connectivity index (χ4n) is 0.938. The van der Waals surface area contributed by atoms with Crippen LogP contribution in [-0.2, 0) is 4.74 Å². The third kappa shape index (κ3) is 1.32. The lowest BCUT2D eigenvalue weighted by molar-refractivity contribution is 0.181. The molecule has 1 aliphatic heterocycles. The summed E-state index contributed by atoms with van der Waals surface area (Å²) in [5.41, 5.74) is 0. The van der Waals surface area contributed by atoms with E-state index in [0.717, 1.165) is 3.79 Å². The number of carbonyl (C=O) groups is 1. The second-order valence-electron chi connectivity index (χ2n) is 2.21. The zero-order chi connectivity index (χ0) is 8.55. The van der Waals surface area contributed by atoms with Gasteiger partial charge >= 0.3 is 6.09 Å². The fourth-order valence-corrected chi connectivity index (χ4v) is 2.14. The molecule has 4 nitrogen and oxygen atoms in total. The summed E-state index contributed by atoms with van der Waals surface area (Å²) < 4.78 is 5.68. The predicted octanol–water partition coefficient (Wildman–Crippen LogP) is 1.86. The van der Waals surface area contributed by atoms with E-state index in [1.807, 2.05) is 0 Å². The maximum Gasteiger partial charge on any atom is 0.416 e. The minimum atomic E-state index is -0.308. The van der Waals surface area contributed by atoms with Crippen LogP contribution in [-0.4, -0.2) is 24.2 Å². The van der Waals surface area contributed by atoms with E-state index in [4.69, 9.17) is 4.74 Å². The number of hydrogen-bond acceptors (Lipinski definition) is 4. The first-order valence-electron chi connectivity index (χ1n) is 3.33. The minimum Gasteiger partial charge on any atom is -0.447 e. The van der Waals surface area contributed by atoms with E-state index < -0.39 is 0 Å². The lowest BCUT2D eigenvalue weighted by Crippen LogP contribution is -2.22. The molecule has 12 heavy (non-hydrogen) atoms. The maximum absolute atomic E-state index is 11.0. The molecule has 0 unspecified atom stereocenters. The van der Waals surface area contributed by atoms with Gasteiger partial charge in [-0.3, -0.25) is 0 Å². The van der Waals surface area contributed by atoms with Crippen molar-refractivity contribution in [3.8, 4) is 0 Å². The average molecular weight is 249 g/mol. The van der Waals surface area contributed by atoms with Crippen LogP contribution in [0.5, 0.6) is 0 Å². The van der Waals surface area contributed by atoms with Gasteiger partial charge in [-0.1, -0.05) is 11.3 Å². The number of halogens is 1. The second-order valence-corrected chi connectivity index (χ2v) is 4.60. The standard InChI is InChI=1S/C6H5BrN2O2S/c7-4-3-8-5(12-4)9-1-2-11-6(9)10/h3H,1-2H2. The summed E-state index contributed by atoms with van der Waals surface area (Å²) in [5, 5.41) is 0.685. The van der Waals surface area contributed by atoms with Crippen LogP contribution in [0.15, 0.2) is 9.98 Å². The van der Waals surface area contributed by atoms with Crippen molar-refractivity contribution in [2.24, 2.45) is 0 Å². The number of cyclic esters (lactones) is 1. The molecule has 0 aliphatic carbocycles. The monoisotopic (exact) mass is 248 g/mol. The average Bonchev–Trinajstić information content (AvgIpc) is 2.58. The van der Waals surface area contributed by atoms with Crippen molar-refractivity contribution in [2.75, 3.05) is 18.1 Å². The molecule has 1 amide bonds. The zero-order valence-electron chi connectivity index (χ0n) is 5.99. The highest BCUT2D eigenvalue weighted by atomic mass is 79.9. The highest BCUT2D eigenvalue weighted by molar-refractivity contribution is 9.11. The molecule has 1 aliphatic rings. The van der Waals surface area contributed by atoms with Crippen molar-refractivity contribution in [2.45, 2.75) is 0 Å². The molecule has 1 aromatic heterocycles. The molecule has 0 spiro atoms. The number of carbonyl (C=O) groups excluding carboxylic acids is 1. The Kier molecular flexibility index (Phi) is 2.02. The van der Waals surface area contributed by atoms with Crippen molar-refractivity contribution in [1.29, 1.82) is 0 Å². The van der Waals surface area contributed by atoms with Gasteiger partial charge in [-0.2, -0.15) is 0 Å². The Bertz CT molecular complexity index is 314. The Hall–Kier alpha value is -0.620. The number of anilines is 1. The van der Waals surface area contributed by atoms with Gasteiger partial charge in [-0.15, -0.1) is 0 Å². The van der Waals surface area contributed by atoms with Gasteiger partial charge in [0.2, 0.25) is 0 Å². The molecule has 64 valence electrons. The summed E-state index contributed by atoms with van der Waals surface area (Å²) in [4.78, 5) is 16.6. The number of nitrogens with zero attached hydrogens (tertiary/aromatic N) is 2. The van der Waals surface area contributed by atoms with Crippen LogP contribution in [0.4, 0.5) is 9.93 Å². The molecule has 0 bridgehead atoms. The van der Waals surface area contributed by atoms with Crippen LogP contribution >= 0.6 is 27.3 Å². The van der Waals surface area contributed by atoms with E-state index in [1.165, 1.54) is 16.2 Å². The largest absolute Gasteiger partial charge is 0.447 e. The highest BCUT2D eigenvalue weighted by Gasteiger charge is 2.25. The number of thiazole rings is 1. The number of aromatic nitrogens is 1. The summed E-state index contributed by atoms with van der Waals surface area (Å²) in [5.74, 6) is 0. The van der Waals surface area contributed by atoms with Crippen LogP contribution in [0.2, 0.25) is 0 Å². The quantitative estimate of drug-likeness (QED) is 0.762. The third-order valence-corrected chi connectivity index (χ3v) is 2.96. The molecule has 0 aromatic carbocycles. The van der Waals surface area contributed by atoms with Crippen LogP contribution in [0, 0.1) is 0 Å². The number of ether oxygens (including phenoxy) is 1. The van der Waals surface area contributed by atoms with E-state index in [0.29, 0.717) is 18.3 Å². The molecule has 1 aromatic rings. The van der Waals surface area contributed by atoms with Crippen molar-refractivity contribution >= 4 is 38.5 Å². The van der Waals surface area contributed by atoms with Gasteiger partial charge in [0.1, 0.15) is 6.61 Å². The molecule has 2 rings (SSSR count). The first-order valence-corrected chi connectivity index (χ1v) is 4.94. The molecule has 0 radical (unpaired) electrons. The molecule has 0 N–H and O–H groups in total. The smallest absolute Gasteiger partial charge is 0.416 e. The van der Waals surface area contributed by atoms with Gasteiger partial charge in [0.05, 0.1) is 16.5 Å². The molecule has 6 heteroatoms. The van der Waals surface area contributed by atoms with E-state index >= 15 is 0 Å². The first-order chi connectivity index (χ1) is 5.77. The highest BCUT2D eigenvalue weighted by Crippen LogP contribution is 2.28. The van der Waals surface area contributed by atoms with E-state index in [1.54, 1.807) is 6.20 Å². The number of rotatable bonds is 1. The van der Waals surface area contributed by atoms with E-state index in [-0.39, 0.29) is 6.09 Å². The number of hydrogen-bond donors (Lipinski definition) is 0. The molecule has 1 saturated heterocycles. The summed E-state index contributed by atoms with van der Waals surface area (Å²) in [6.07, 6.45) is 1.36. The van der Waals surface area contributed by atoms with E-state index in [9.17, 15) is 4.79 Å². The molecule has 0 atom stereocenters. The van der Waals surface area contributed by atoms with Crippen LogP contribution in [0.1, 0.15) is 0 Å². The van der Waals surface area contributed by atoms with Crippen LogP contribution in [0.3, 0.4) is 0 Å². The first kappa shape index (κ1) is 8.00. The van der Waals surface area contributed by atoms with E-state index in [2.05, 4.69) is 20.9 Å². The Balaban J connectivity index is 2.24. The molecule has 2 heterocycles. The van der Waals surface area contributed by atoms with Crippen molar-refractivity contribution < 1.29 is 9.53 Å². The molecule has 1 fully saturated rings. The molecular weight excluding hydrogens is 244 g/mol. The number of amides is 1. The van der Waals surface area contributed by atoms with Crippen molar-refractivity contribution in [3.63, 3.8) is 0 Å². The fraction of sp³-hybridized carbons (Fsp3) is 0.333. The summed E-state index contributed by atoms with van der Waals surface area (Å²) in [7, 11) is 0. The summed E-state index contributed by atoms with van der Waals surface area (Å²) in [6, 6.07) is 0. The Labute approximate surface area is 81.3 Å². The summed E-state index contributed by atoms with van der Waals surface area (Å²) >= 11 is 4.70. The topological polar surface area (TPSA) is 42.4 Å². The predicted molar refractivity (Wildman–Crippen MR) is 48.5 cm³/mol. The molecule has 0 saturated carbocycles. The zero-order valence-corrected chi connectivity index (χ0v) is 8.39. The normalized spacial score (nSPS) is 16.8. The lowest BCUT2D eigenvalue weighted by atomic mass is 10.7. The van der Waals surface area contributed by atoms with Crippen LogP contribution < -0.4 is 4.90 Å². The van der Waals surface area contributed by atoms with Gasteiger partial charge in [0.15, 0.2) is 5.13 Å². The Morgan fingerprint density at radius 2 is 2.58 bits per heavy atom. The molecular formula is C6H5BrN2O2S. The Morgan fingerprint density at radius 1 is 1.75 bits per heavy atom. The second kappa shape index (κ2) is 3.02. The Morgan fingerprint density at radius 3 is 3.08 bits per heavy atom. The SMILES string of the molecule is O=C1OCCN1c1ncc(Br)s1. The van der Waals surface area contributed by atoms with Crippen molar-refractivity contribution in [1.82, 2.24) is 4.98 Å². The third-order valence-electron chi connectivity index (χ3n) is 1.46. The van der Waals surface area contributed by atoms with Gasteiger partial charge in [0.25, 0.3) is 0 Å². The lowest BCUT2D eigenvalue weighted by Gasteiger charge is -2.05. The van der Waals surface area contributed by atoms with Crippen LogP contribution in [0.25, 0.3) is 0 Å². The van der Waals surface area contributed by atoms with Gasteiger partial charge in [-0.05, 0) is 15.9 Å². The van der Waals surface area contributed by atoms with Gasteiger partial charge in [-0.25, -0.2) is 14.7 Å². The van der Waals surface area contributed by atoms with Gasteiger partial charge in [0, 0.05) is 0 Å². The maximum atomic E-state index is 11.0.